The number of hydrogen-bond donors (Lipinski definition) is 3. The first-order valence-electron chi connectivity index (χ1n) is 9.78. The normalized spacial score (nSPS) is 16.7. The van der Waals surface area contributed by atoms with E-state index in [1.807, 2.05) is 20.9 Å². The molecule has 0 radical (unpaired) electrons. The Balaban J connectivity index is 2.69. The van der Waals surface area contributed by atoms with Gasteiger partial charge in [0.1, 0.15) is 6.04 Å². The zero-order valence-electron chi connectivity index (χ0n) is 17.4. The number of nitrogens with zero attached hydrogens (tertiary/aromatic N) is 1. The second kappa shape index (κ2) is 12.9. The number of nitrogens with one attached hydrogen (secondary N) is 3. The second-order valence-electron chi connectivity index (χ2n) is 7.58. The fraction of sp³-hybridized carbons (Fsp3) is 0.789. The molecule has 0 aromatic heterocycles. The van der Waals surface area contributed by atoms with E-state index < -0.39 is 23.3 Å². The number of amides is 2. The smallest absolute Gasteiger partial charge is 0.309 e. The van der Waals surface area contributed by atoms with E-state index in [0.29, 0.717) is 0 Å². The third-order valence-corrected chi connectivity index (χ3v) is 5.54. The monoisotopic (exact) mass is 414 g/mol. The van der Waals surface area contributed by atoms with Crippen LogP contribution in [0.3, 0.4) is 0 Å². The van der Waals surface area contributed by atoms with Crippen LogP contribution in [0, 0.1) is 5.92 Å². The number of ketones is 1. The quantitative estimate of drug-likeness (QED) is 0.147. The average molecular weight is 415 g/mol. The van der Waals surface area contributed by atoms with Gasteiger partial charge in [0.25, 0.3) is 0 Å². The van der Waals surface area contributed by atoms with Crippen LogP contribution in [0.2, 0.25) is 0 Å². The van der Waals surface area contributed by atoms with E-state index >= 15 is 0 Å². The average Bonchev–Trinajstić information content (AvgIpc) is 2.69. The van der Waals surface area contributed by atoms with Crippen LogP contribution in [0.1, 0.15) is 52.4 Å². The maximum atomic E-state index is 12.6. The van der Waals surface area contributed by atoms with Crippen molar-refractivity contribution in [3.63, 3.8) is 0 Å². The Morgan fingerprint density at radius 2 is 1.93 bits per heavy atom. The first kappa shape index (κ1) is 24.6. The molecule has 28 heavy (non-hydrogen) atoms. The topological polar surface area (TPSA) is 109 Å². The van der Waals surface area contributed by atoms with Gasteiger partial charge in [-0.3, -0.25) is 14.4 Å². The Morgan fingerprint density at radius 1 is 1.25 bits per heavy atom. The Kier molecular flexibility index (Phi) is 11.3. The second-order valence-corrected chi connectivity index (χ2v) is 8.53. The highest BCUT2D eigenvalue weighted by atomic mass is 32.2. The zero-order chi connectivity index (χ0) is 21.0. The van der Waals surface area contributed by atoms with Crippen molar-refractivity contribution in [2.75, 3.05) is 26.5 Å². The molecule has 0 heterocycles. The van der Waals surface area contributed by atoms with Crippen molar-refractivity contribution in [3.05, 3.63) is 0 Å². The van der Waals surface area contributed by atoms with Crippen LogP contribution in [0.4, 0.5) is 0 Å². The molecule has 0 bridgehead atoms. The molecule has 1 atom stereocenters. The summed E-state index contributed by atoms with van der Waals surface area (Å²) in [5, 5.41) is 9.56. The molecule has 1 rings (SSSR count). The molecule has 9 heteroatoms. The molecule has 2 amide bonds. The number of ether oxygens (including phenoxy) is 1. The Hall–Kier alpha value is -1.45. The lowest BCUT2D eigenvalue weighted by atomic mass is 9.87. The van der Waals surface area contributed by atoms with E-state index in [-0.39, 0.29) is 18.2 Å². The molecule has 1 saturated carbocycles. The standard InChI is InChI=1S/C19H34N4O4S/c1-19(2,27-4)12-15(22-17(25)14-8-6-5-7-9-14)16(24)18(26)23-21-13-28-11-10-20-3/h13-15,20H,5-12H2,1-4H3,(H,22,25)(H,23,26)/b21-13+. The molecule has 1 aliphatic carbocycles. The summed E-state index contributed by atoms with van der Waals surface area (Å²) in [6.45, 7) is 4.44. The third kappa shape index (κ3) is 9.16. The number of rotatable bonds is 12. The molecule has 8 nitrogen and oxygen atoms in total. The number of hydrazone groups is 1. The number of thioether (sulfide) groups is 1. The van der Waals surface area contributed by atoms with E-state index in [1.54, 1.807) is 0 Å². The molecule has 1 fully saturated rings. The summed E-state index contributed by atoms with van der Waals surface area (Å²) >= 11 is 1.41. The molecule has 0 saturated heterocycles. The zero-order valence-corrected chi connectivity index (χ0v) is 18.2. The highest BCUT2D eigenvalue weighted by molar-refractivity contribution is 8.12. The summed E-state index contributed by atoms with van der Waals surface area (Å²) in [5.41, 5.74) is 3.07. The minimum absolute atomic E-state index is 0.0978. The van der Waals surface area contributed by atoms with Gasteiger partial charge in [0.2, 0.25) is 11.7 Å². The number of methoxy groups -OCH3 is 1. The van der Waals surface area contributed by atoms with Gasteiger partial charge in [0.05, 0.1) is 11.1 Å². The lowest BCUT2D eigenvalue weighted by Crippen LogP contribution is -2.51. The van der Waals surface area contributed by atoms with Crippen LogP contribution in [-0.4, -0.2) is 61.2 Å². The van der Waals surface area contributed by atoms with Crippen LogP contribution in [0.25, 0.3) is 0 Å². The maximum Gasteiger partial charge on any atom is 0.309 e. The van der Waals surface area contributed by atoms with Crippen LogP contribution in [0.15, 0.2) is 5.10 Å². The van der Waals surface area contributed by atoms with Crippen LogP contribution in [0.5, 0.6) is 0 Å². The van der Waals surface area contributed by atoms with E-state index in [9.17, 15) is 14.4 Å². The summed E-state index contributed by atoms with van der Waals surface area (Å²) in [5.74, 6) is -1.02. The minimum atomic E-state index is -0.948. The fourth-order valence-electron chi connectivity index (χ4n) is 2.99. The molecule has 0 aromatic carbocycles. The molecular weight excluding hydrogens is 380 g/mol. The van der Waals surface area contributed by atoms with Gasteiger partial charge in [0.15, 0.2) is 0 Å². The van der Waals surface area contributed by atoms with Crippen molar-refractivity contribution in [1.82, 2.24) is 16.1 Å². The van der Waals surface area contributed by atoms with Crippen LogP contribution >= 0.6 is 11.8 Å². The largest absolute Gasteiger partial charge is 0.379 e. The van der Waals surface area contributed by atoms with Gasteiger partial charge in [-0.2, -0.15) is 5.10 Å². The first-order chi connectivity index (χ1) is 13.3. The van der Waals surface area contributed by atoms with Gasteiger partial charge in [-0.05, 0) is 33.7 Å². The maximum absolute atomic E-state index is 12.6. The van der Waals surface area contributed by atoms with Crippen molar-refractivity contribution in [2.45, 2.75) is 64.0 Å². The number of Topliss-reactive ketones (excluding diaryl/α,β-unsaturated/α-hetero) is 1. The molecule has 1 unspecified atom stereocenters. The Bertz CT molecular complexity index is 548. The van der Waals surface area contributed by atoms with Crippen molar-refractivity contribution in [2.24, 2.45) is 11.0 Å². The van der Waals surface area contributed by atoms with E-state index in [1.165, 1.54) is 24.4 Å². The Labute approximate surface area is 172 Å². The van der Waals surface area contributed by atoms with E-state index in [0.717, 1.165) is 44.4 Å². The van der Waals surface area contributed by atoms with Crippen molar-refractivity contribution in [1.29, 1.82) is 0 Å². The molecule has 0 aromatic rings. The number of carbonyl (C=O) groups is 3. The number of carbonyl (C=O) groups excluding carboxylic acids is 3. The van der Waals surface area contributed by atoms with Gasteiger partial charge in [-0.15, -0.1) is 11.8 Å². The highest BCUT2D eigenvalue weighted by Crippen LogP contribution is 2.24. The van der Waals surface area contributed by atoms with Crippen molar-refractivity contribution < 1.29 is 19.1 Å². The molecule has 3 N–H and O–H groups in total. The summed E-state index contributed by atoms with van der Waals surface area (Å²) < 4.78 is 5.39. The lowest BCUT2D eigenvalue weighted by Gasteiger charge is -2.29. The highest BCUT2D eigenvalue weighted by Gasteiger charge is 2.34. The molecule has 0 spiro atoms. The summed E-state index contributed by atoms with van der Waals surface area (Å²) in [6.07, 6.45) is 5.01. The van der Waals surface area contributed by atoms with Crippen LogP contribution < -0.4 is 16.1 Å². The summed E-state index contributed by atoms with van der Waals surface area (Å²) in [7, 11) is 3.39. The van der Waals surface area contributed by atoms with Crippen molar-refractivity contribution >= 4 is 34.9 Å². The summed E-state index contributed by atoms with van der Waals surface area (Å²) in [6, 6.07) is -0.948. The van der Waals surface area contributed by atoms with Crippen LogP contribution in [-0.2, 0) is 19.1 Å². The number of hydrogen-bond acceptors (Lipinski definition) is 7. The van der Waals surface area contributed by atoms with Gasteiger partial charge in [0, 0.05) is 31.7 Å². The van der Waals surface area contributed by atoms with Gasteiger partial charge in [-0.25, -0.2) is 5.43 Å². The minimum Gasteiger partial charge on any atom is -0.379 e. The van der Waals surface area contributed by atoms with Crippen molar-refractivity contribution in [3.8, 4) is 0 Å². The molecular formula is C19H34N4O4S. The lowest BCUT2D eigenvalue weighted by molar-refractivity contribution is -0.141. The van der Waals surface area contributed by atoms with E-state index in [4.69, 9.17) is 4.74 Å². The third-order valence-electron chi connectivity index (χ3n) is 4.84. The van der Waals surface area contributed by atoms with Gasteiger partial charge in [-0.1, -0.05) is 19.3 Å². The first-order valence-corrected chi connectivity index (χ1v) is 10.8. The SMILES string of the molecule is CNCCS/C=N/NC(=O)C(=O)C(CC(C)(C)OC)NC(=O)C1CCCCC1. The predicted molar refractivity (Wildman–Crippen MR) is 112 cm³/mol. The fourth-order valence-corrected chi connectivity index (χ4v) is 3.54. The predicted octanol–water partition coefficient (Wildman–Crippen LogP) is 1.45. The van der Waals surface area contributed by atoms with Gasteiger partial charge < -0.3 is 15.4 Å². The summed E-state index contributed by atoms with van der Waals surface area (Å²) in [4.78, 5) is 37.5. The van der Waals surface area contributed by atoms with Gasteiger partial charge >= 0.3 is 5.91 Å². The Morgan fingerprint density at radius 3 is 2.54 bits per heavy atom. The van der Waals surface area contributed by atoms with E-state index in [2.05, 4.69) is 21.2 Å². The molecule has 1 aliphatic rings. The molecule has 0 aliphatic heterocycles. The molecule has 160 valence electrons.